The van der Waals surface area contributed by atoms with Gasteiger partial charge in [0.25, 0.3) is 0 Å². The first-order chi connectivity index (χ1) is 16.6. The van der Waals surface area contributed by atoms with Crippen molar-refractivity contribution >= 4 is 23.7 Å². The second-order valence-electron chi connectivity index (χ2n) is 7.75. The highest BCUT2D eigenvalue weighted by Gasteiger charge is 2.15. The van der Waals surface area contributed by atoms with Crippen molar-refractivity contribution in [1.29, 1.82) is 0 Å². The fourth-order valence-corrected chi connectivity index (χ4v) is 3.82. The maximum atomic E-state index is 4.88. The Hall–Kier alpha value is -4.32. The fraction of sp³-hybridized carbons (Fsp3) is 0.143. The zero-order valence-corrected chi connectivity index (χ0v) is 19.8. The van der Waals surface area contributed by atoms with Gasteiger partial charge in [-0.2, -0.15) is 5.10 Å². The van der Waals surface area contributed by atoms with Crippen LogP contribution in [-0.4, -0.2) is 30.1 Å². The molecule has 0 spiro atoms. The van der Waals surface area contributed by atoms with E-state index in [1.54, 1.807) is 18.6 Å². The van der Waals surface area contributed by atoms with Crippen molar-refractivity contribution in [3.8, 4) is 22.8 Å². The number of allylic oxidation sites excluding steroid dienone is 7. The lowest BCUT2D eigenvalue weighted by atomic mass is 10.00. The first kappa shape index (κ1) is 22.9. The molecule has 0 radical (unpaired) electrons. The van der Waals surface area contributed by atoms with Crippen molar-refractivity contribution in [3.05, 3.63) is 95.0 Å². The first-order valence-electron chi connectivity index (χ1n) is 11.3. The van der Waals surface area contributed by atoms with Gasteiger partial charge in [0.1, 0.15) is 11.2 Å². The molecule has 0 bridgehead atoms. The summed E-state index contributed by atoms with van der Waals surface area (Å²) in [4.78, 5) is 16.9. The van der Waals surface area contributed by atoms with Crippen LogP contribution in [0.15, 0.2) is 84.4 Å². The van der Waals surface area contributed by atoms with Crippen LogP contribution in [0.4, 0.5) is 0 Å². The molecule has 0 aliphatic rings. The number of pyridine rings is 2. The summed E-state index contributed by atoms with van der Waals surface area (Å²) in [5.41, 5.74) is 7.49. The van der Waals surface area contributed by atoms with Crippen LogP contribution in [0, 0.1) is 0 Å². The average molecular weight is 449 g/mol. The van der Waals surface area contributed by atoms with Crippen molar-refractivity contribution in [1.82, 2.24) is 30.1 Å². The smallest absolute Gasteiger partial charge is 0.159 e. The van der Waals surface area contributed by atoms with Gasteiger partial charge in [0.15, 0.2) is 5.82 Å². The van der Waals surface area contributed by atoms with E-state index in [2.05, 4.69) is 69.5 Å². The number of fused-ring (bicyclic) bond motifs is 1. The molecule has 0 aliphatic heterocycles. The predicted octanol–water partition coefficient (Wildman–Crippen LogP) is 5.02. The fourth-order valence-electron chi connectivity index (χ4n) is 3.82. The Morgan fingerprint density at radius 1 is 1.03 bits per heavy atom. The van der Waals surface area contributed by atoms with Gasteiger partial charge in [-0.25, -0.2) is 4.98 Å². The van der Waals surface area contributed by atoms with Crippen LogP contribution in [0.25, 0.3) is 46.5 Å². The number of aromatic amines is 2. The minimum atomic E-state index is 0.657. The number of imidazole rings is 1. The van der Waals surface area contributed by atoms with Gasteiger partial charge in [0.05, 0.1) is 16.6 Å². The summed E-state index contributed by atoms with van der Waals surface area (Å²) < 4.78 is 0. The normalized spacial score (nSPS) is 13.6. The van der Waals surface area contributed by atoms with Gasteiger partial charge in [0, 0.05) is 29.4 Å². The van der Waals surface area contributed by atoms with E-state index in [4.69, 9.17) is 4.98 Å². The molecule has 0 atom stereocenters. The number of nitrogens with one attached hydrogen (secondary N) is 2. The van der Waals surface area contributed by atoms with Crippen LogP contribution < -0.4 is 10.6 Å². The molecule has 4 heterocycles. The monoisotopic (exact) mass is 448 g/mol. The Bertz CT molecular complexity index is 1530. The highest BCUT2D eigenvalue weighted by Crippen LogP contribution is 2.26. The predicted molar refractivity (Wildman–Crippen MR) is 140 cm³/mol. The van der Waals surface area contributed by atoms with Crippen LogP contribution in [0.3, 0.4) is 0 Å². The molecule has 0 saturated carbocycles. The molecule has 0 aliphatic carbocycles. The van der Waals surface area contributed by atoms with E-state index >= 15 is 0 Å². The maximum absolute atomic E-state index is 4.88. The van der Waals surface area contributed by atoms with Crippen molar-refractivity contribution in [2.75, 3.05) is 0 Å². The molecule has 2 N–H and O–H groups in total. The minimum Gasteiger partial charge on any atom is -0.336 e. The lowest BCUT2D eigenvalue weighted by Crippen LogP contribution is -2.22. The lowest BCUT2D eigenvalue weighted by Gasteiger charge is -2.05. The summed E-state index contributed by atoms with van der Waals surface area (Å²) in [5, 5.41) is 9.16. The van der Waals surface area contributed by atoms with E-state index in [1.165, 1.54) is 5.57 Å². The number of rotatable bonds is 7. The van der Waals surface area contributed by atoms with Gasteiger partial charge in [-0.1, -0.05) is 44.4 Å². The molecule has 0 amide bonds. The highest BCUT2D eigenvalue weighted by atomic mass is 15.1. The van der Waals surface area contributed by atoms with Crippen molar-refractivity contribution in [2.45, 2.75) is 27.2 Å². The molecular formula is C28H28N6. The van der Waals surface area contributed by atoms with Gasteiger partial charge in [-0.05, 0) is 61.3 Å². The van der Waals surface area contributed by atoms with Crippen LogP contribution in [-0.2, 0) is 0 Å². The second kappa shape index (κ2) is 10.1. The summed E-state index contributed by atoms with van der Waals surface area (Å²) in [6.45, 7) is 14.3. The van der Waals surface area contributed by atoms with Crippen LogP contribution >= 0.6 is 0 Å². The third-order valence-electron chi connectivity index (χ3n) is 5.73. The third-order valence-corrected chi connectivity index (χ3v) is 5.73. The quantitative estimate of drug-likeness (QED) is 0.389. The van der Waals surface area contributed by atoms with Crippen LogP contribution in [0.2, 0.25) is 0 Å². The highest BCUT2D eigenvalue weighted by molar-refractivity contribution is 5.91. The summed E-state index contributed by atoms with van der Waals surface area (Å²) in [6, 6.07) is 5.77. The zero-order chi connectivity index (χ0) is 24.1. The molecule has 6 nitrogen and oxygen atoms in total. The van der Waals surface area contributed by atoms with E-state index in [-0.39, 0.29) is 0 Å². The van der Waals surface area contributed by atoms with Crippen molar-refractivity contribution in [2.24, 2.45) is 0 Å². The molecule has 34 heavy (non-hydrogen) atoms. The lowest BCUT2D eigenvalue weighted by molar-refractivity contribution is 1.06. The summed E-state index contributed by atoms with van der Waals surface area (Å²) in [7, 11) is 0. The van der Waals surface area contributed by atoms with E-state index < -0.39 is 0 Å². The average Bonchev–Trinajstić information content (AvgIpc) is 3.47. The number of nitrogens with zero attached hydrogens (tertiary/aromatic N) is 4. The Balaban J connectivity index is 1.85. The SMILES string of the molecule is C=C\C(=C/C(=C\C)C(/C=c1/c(-c2nc3c(-c4ccncc4)nccc3[nH]2)n[nH]c1=C)=C/C)CC. The molecular weight excluding hydrogens is 420 g/mol. The molecule has 4 rings (SSSR count). The molecule has 0 saturated heterocycles. The summed E-state index contributed by atoms with van der Waals surface area (Å²) in [5.74, 6) is 0.657. The maximum Gasteiger partial charge on any atom is 0.159 e. The Morgan fingerprint density at radius 3 is 2.47 bits per heavy atom. The number of hydrogen-bond acceptors (Lipinski definition) is 4. The molecule has 0 aromatic carbocycles. The molecule has 170 valence electrons. The molecule has 6 heteroatoms. The van der Waals surface area contributed by atoms with Gasteiger partial charge >= 0.3 is 0 Å². The second-order valence-corrected chi connectivity index (χ2v) is 7.75. The largest absolute Gasteiger partial charge is 0.336 e. The van der Waals surface area contributed by atoms with E-state index in [9.17, 15) is 0 Å². The molecule has 4 aromatic rings. The number of H-pyrrole nitrogens is 2. The van der Waals surface area contributed by atoms with Gasteiger partial charge < -0.3 is 4.98 Å². The van der Waals surface area contributed by atoms with Crippen molar-refractivity contribution in [3.63, 3.8) is 0 Å². The summed E-state index contributed by atoms with van der Waals surface area (Å²) in [6.07, 6.45) is 16.5. The van der Waals surface area contributed by atoms with Gasteiger partial charge in [-0.15, -0.1) is 0 Å². The van der Waals surface area contributed by atoms with E-state index in [0.29, 0.717) is 11.5 Å². The third kappa shape index (κ3) is 4.43. The Morgan fingerprint density at radius 2 is 1.79 bits per heavy atom. The minimum absolute atomic E-state index is 0.657. The zero-order valence-electron chi connectivity index (χ0n) is 19.8. The van der Waals surface area contributed by atoms with E-state index in [1.807, 2.05) is 38.1 Å². The standard InChI is InChI=1S/C28H28N6/c1-6-19(7-2)16-20(8-3)21(9-4)17-23-18(5)33-34-26(23)28-31-24-12-15-30-25(27(24)32-28)22-10-13-29-14-11-22/h6,8-17,33H,1,5,7H2,2-4H3,(H,31,32)/b19-16+,20-8+,21-9+,23-17+. The van der Waals surface area contributed by atoms with Gasteiger partial charge in [-0.3, -0.25) is 15.1 Å². The van der Waals surface area contributed by atoms with Gasteiger partial charge in [0.2, 0.25) is 0 Å². The molecule has 0 unspecified atom stereocenters. The number of hydrogen-bond donors (Lipinski definition) is 2. The van der Waals surface area contributed by atoms with E-state index in [0.717, 1.165) is 50.4 Å². The first-order valence-corrected chi connectivity index (χ1v) is 11.3. The molecule has 0 fully saturated rings. The topological polar surface area (TPSA) is 83.1 Å². The number of aromatic nitrogens is 6. The Labute approximate surface area is 198 Å². The summed E-state index contributed by atoms with van der Waals surface area (Å²) >= 11 is 0. The Kier molecular flexibility index (Phi) is 6.78. The van der Waals surface area contributed by atoms with Crippen LogP contribution in [0.1, 0.15) is 27.2 Å². The molecule has 4 aromatic heterocycles. The van der Waals surface area contributed by atoms with Crippen LogP contribution in [0.5, 0.6) is 0 Å². The van der Waals surface area contributed by atoms with Crippen molar-refractivity contribution < 1.29 is 0 Å².